The summed E-state index contributed by atoms with van der Waals surface area (Å²) in [6.45, 7) is 1.59. The summed E-state index contributed by atoms with van der Waals surface area (Å²) in [5.41, 5.74) is 1.89. The quantitative estimate of drug-likeness (QED) is 0.800. The van der Waals surface area contributed by atoms with Crippen LogP contribution in [-0.2, 0) is 14.3 Å². The van der Waals surface area contributed by atoms with E-state index in [1.807, 2.05) is 24.3 Å². The molecule has 0 aromatic heterocycles. The highest BCUT2D eigenvalue weighted by Gasteiger charge is 2.26. The van der Waals surface area contributed by atoms with E-state index < -0.39 is 10.1 Å². The normalized spacial score (nSPS) is 23.2. The number of nitriles is 1. The molecule has 0 saturated heterocycles. The van der Waals surface area contributed by atoms with Gasteiger partial charge in [0.05, 0.1) is 23.5 Å². The van der Waals surface area contributed by atoms with Crippen molar-refractivity contribution < 1.29 is 12.6 Å². The first-order chi connectivity index (χ1) is 9.54. The molecule has 20 heavy (non-hydrogen) atoms. The summed E-state index contributed by atoms with van der Waals surface area (Å²) < 4.78 is 28.1. The maximum absolute atomic E-state index is 11.4. The summed E-state index contributed by atoms with van der Waals surface area (Å²) in [6, 6.07) is 9.76. The van der Waals surface area contributed by atoms with Gasteiger partial charge in [0.2, 0.25) is 0 Å². The lowest BCUT2D eigenvalue weighted by Gasteiger charge is -2.28. The Balaban J connectivity index is 1.92. The molecule has 0 amide bonds. The molecule has 0 radical (unpaired) electrons. The van der Waals surface area contributed by atoms with Gasteiger partial charge in [-0.2, -0.15) is 13.7 Å². The van der Waals surface area contributed by atoms with Gasteiger partial charge in [-0.15, -0.1) is 0 Å². The van der Waals surface area contributed by atoms with Crippen molar-refractivity contribution >= 4 is 10.1 Å². The summed E-state index contributed by atoms with van der Waals surface area (Å²) in [5, 5.41) is 8.78. The third-order valence-electron chi connectivity index (χ3n) is 3.82. The molecule has 1 fully saturated rings. The molecule has 108 valence electrons. The van der Waals surface area contributed by atoms with E-state index in [9.17, 15) is 8.42 Å². The van der Waals surface area contributed by atoms with Gasteiger partial charge in [-0.3, -0.25) is 4.18 Å². The van der Waals surface area contributed by atoms with Gasteiger partial charge in [0.1, 0.15) is 0 Å². The molecule has 0 unspecified atom stereocenters. The average molecular weight is 293 g/mol. The van der Waals surface area contributed by atoms with E-state index in [1.165, 1.54) is 5.56 Å². The minimum Gasteiger partial charge on any atom is -0.267 e. The van der Waals surface area contributed by atoms with E-state index in [2.05, 4.69) is 6.07 Å². The molecule has 4 nitrogen and oxygen atoms in total. The molecule has 1 aromatic carbocycles. The molecule has 0 heterocycles. The Morgan fingerprint density at radius 2 is 1.80 bits per heavy atom. The summed E-state index contributed by atoms with van der Waals surface area (Å²) in [6.07, 6.45) is 3.22. The van der Waals surface area contributed by atoms with Gasteiger partial charge >= 0.3 is 0 Å². The molecule has 2 rings (SSSR count). The average Bonchev–Trinajstić information content (AvgIpc) is 2.48. The van der Waals surface area contributed by atoms with Crippen LogP contribution in [0, 0.1) is 11.3 Å². The van der Waals surface area contributed by atoms with Gasteiger partial charge in [-0.1, -0.05) is 12.1 Å². The van der Waals surface area contributed by atoms with E-state index in [1.54, 1.807) is 6.92 Å². The summed E-state index contributed by atoms with van der Waals surface area (Å²) in [5.74, 6) is 0.467. The van der Waals surface area contributed by atoms with Crippen molar-refractivity contribution in [2.45, 2.75) is 44.6 Å². The smallest absolute Gasteiger partial charge is 0.267 e. The second kappa shape index (κ2) is 6.38. The Hall–Kier alpha value is -1.38. The van der Waals surface area contributed by atoms with Crippen LogP contribution in [0.25, 0.3) is 0 Å². The zero-order valence-electron chi connectivity index (χ0n) is 11.6. The van der Waals surface area contributed by atoms with Crippen LogP contribution in [0.2, 0.25) is 0 Å². The fourth-order valence-electron chi connectivity index (χ4n) is 2.60. The van der Waals surface area contributed by atoms with E-state index in [0.29, 0.717) is 11.5 Å². The molecule has 0 atom stereocenters. The van der Waals surface area contributed by atoms with Crippen molar-refractivity contribution in [2.24, 2.45) is 0 Å². The molecule has 1 aliphatic carbocycles. The molecule has 0 aliphatic heterocycles. The van der Waals surface area contributed by atoms with Crippen LogP contribution in [0.3, 0.4) is 0 Å². The number of hydrogen-bond donors (Lipinski definition) is 0. The maximum atomic E-state index is 11.4. The first-order valence-corrected chi connectivity index (χ1v) is 8.53. The van der Waals surface area contributed by atoms with Gasteiger partial charge in [0.25, 0.3) is 10.1 Å². The molecular weight excluding hydrogens is 274 g/mol. The molecule has 0 N–H and O–H groups in total. The minimum atomic E-state index is -3.35. The van der Waals surface area contributed by atoms with Crippen molar-refractivity contribution in [3.8, 4) is 6.07 Å². The van der Waals surface area contributed by atoms with Crippen LogP contribution >= 0.6 is 0 Å². The largest absolute Gasteiger partial charge is 0.267 e. The highest BCUT2D eigenvalue weighted by atomic mass is 32.2. The van der Waals surface area contributed by atoms with Crippen LogP contribution < -0.4 is 0 Å². The SMILES string of the molecule is CCS(=O)(=O)OC1CCC(c2ccc(C#N)cc2)CC1. The highest BCUT2D eigenvalue weighted by molar-refractivity contribution is 7.86. The molecule has 0 bridgehead atoms. The van der Waals surface area contributed by atoms with Crippen LogP contribution in [0.5, 0.6) is 0 Å². The van der Waals surface area contributed by atoms with E-state index in [0.717, 1.165) is 25.7 Å². The minimum absolute atomic E-state index is 0.0303. The van der Waals surface area contributed by atoms with Gasteiger partial charge < -0.3 is 0 Å². The zero-order valence-corrected chi connectivity index (χ0v) is 12.4. The summed E-state index contributed by atoms with van der Waals surface area (Å²) >= 11 is 0. The molecule has 5 heteroatoms. The Bertz CT molecular complexity index is 579. The lowest BCUT2D eigenvalue weighted by Crippen LogP contribution is -2.24. The van der Waals surface area contributed by atoms with E-state index in [-0.39, 0.29) is 11.9 Å². The summed E-state index contributed by atoms with van der Waals surface area (Å²) in [7, 11) is -3.35. The fraction of sp³-hybridized carbons (Fsp3) is 0.533. The second-order valence-electron chi connectivity index (χ2n) is 5.15. The predicted octanol–water partition coefficient (Wildman–Crippen LogP) is 2.95. The third-order valence-corrected chi connectivity index (χ3v) is 5.09. The third kappa shape index (κ3) is 3.81. The number of nitrogens with zero attached hydrogens (tertiary/aromatic N) is 1. The maximum Gasteiger partial charge on any atom is 0.267 e. The Kier molecular flexibility index (Phi) is 4.79. The first kappa shape index (κ1) is 15.0. The topological polar surface area (TPSA) is 67.2 Å². The van der Waals surface area contributed by atoms with Gasteiger partial charge in [-0.25, -0.2) is 0 Å². The number of benzene rings is 1. The Labute approximate surface area is 120 Å². The molecule has 1 saturated carbocycles. The Morgan fingerprint density at radius 3 is 2.30 bits per heavy atom. The highest BCUT2D eigenvalue weighted by Crippen LogP contribution is 2.34. The Morgan fingerprint density at radius 1 is 1.20 bits per heavy atom. The number of rotatable bonds is 4. The van der Waals surface area contributed by atoms with E-state index >= 15 is 0 Å². The van der Waals surface area contributed by atoms with Crippen molar-refractivity contribution in [1.82, 2.24) is 0 Å². The van der Waals surface area contributed by atoms with Crippen molar-refractivity contribution in [3.63, 3.8) is 0 Å². The molecule has 1 aromatic rings. The zero-order chi connectivity index (χ0) is 14.6. The van der Waals surface area contributed by atoms with Gasteiger partial charge in [0.15, 0.2) is 0 Å². The van der Waals surface area contributed by atoms with E-state index in [4.69, 9.17) is 9.44 Å². The number of hydrogen-bond acceptors (Lipinski definition) is 4. The lowest BCUT2D eigenvalue weighted by atomic mass is 9.82. The van der Waals surface area contributed by atoms with Crippen LogP contribution in [-0.4, -0.2) is 20.3 Å². The predicted molar refractivity (Wildman–Crippen MR) is 76.7 cm³/mol. The summed E-state index contributed by atoms with van der Waals surface area (Å²) in [4.78, 5) is 0. The molecule has 0 spiro atoms. The van der Waals surface area contributed by atoms with Gasteiger partial charge in [-0.05, 0) is 56.2 Å². The van der Waals surface area contributed by atoms with Crippen molar-refractivity contribution in [2.75, 3.05) is 5.75 Å². The first-order valence-electron chi connectivity index (χ1n) is 6.95. The van der Waals surface area contributed by atoms with Crippen molar-refractivity contribution in [3.05, 3.63) is 35.4 Å². The van der Waals surface area contributed by atoms with Crippen molar-refractivity contribution in [1.29, 1.82) is 5.26 Å². The molecule has 1 aliphatic rings. The van der Waals surface area contributed by atoms with Crippen LogP contribution in [0.4, 0.5) is 0 Å². The standard InChI is InChI=1S/C15H19NO3S/c1-2-20(17,18)19-15-9-7-14(8-10-15)13-5-3-12(11-16)4-6-13/h3-6,14-15H,2,7-10H2,1H3. The van der Waals surface area contributed by atoms with Crippen LogP contribution in [0.1, 0.15) is 49.7 Å². The monoisotopic (exact) mass is 293 g/mol. The second-order valence-corrected chi connectivity index (χ2v) is 7.04. The van der Waals surface area contributed by atoms with Crippen LogP contribution in [0.15, 0.2) is 24.3 Å². The lowest BCUT2D eigenvalue weighted by molar-refractivity contribution is 0.154. The van der Waals surface area contributed by atoms with Gasteiger partial charge in [0, 0.05) is 0 Å². The fourth-order valence-corrected chi connectivity index (χ4v) is 3.34. The molecular formula is C15H19NO3S.